The molecule has 0 saturated carbocycles. The zero-order valence-corrected chi connectivity index (χ0v) is 18.7. The Morgan fingerprint density at radius 2 is 1.90 bits per heavy atom. The van der Waals surface area contributed by atoms with Crippen LogP contribution in [0.1, 0.15) is 11.1 Å². The summed E-state index contributed by atoms with van der Waals surface area (Å²) in [6.07, 6.45) is 1.87. The monoisotopic (exact) mass is 496 g/mol. The molecule has 4 nitrogen and oxygen atoms in total. The molecular weight excluding hydrogens is 484 g/mol. The van der Waals surface area contributed by atoms with Crippen LogP contribution in [0.5, 0.6) is 5.75 Å². The van der Waals surface area contributed by atoms with Crippen LogP contribution < -0.4 is 14.8 Å². The summed E-state index contributed by atoms with van der Waals surface area (Å²) in [7, 11) is 0. The molecule has 148 valence electrons. The SMILES string of the molecule is O=c1c(=Cc2ccc(OCc3ccccc3Cl)c(Br)c2)sc2nc3ccccc3n12. The number of hydrogen-bond donors (Lipinski definition) is 0. The van der Waals surface area contributed by atoms with Gasteiger partial charge in [0.15, 0.2) is 4.96 Å². The maximum absolute atomic E-state index is 12.9. The van der Waals surface area contributed by atoms with Gasteiger partial charge in [-0.1, -0.05) is 59.3 Å². The molecule has 2 aromatic heterocycles. The lowest BCUT2D eigenvalue weighted by Crippen LogP contribution is -2.22. The molecule has 0 fully saturated rings. The summed E-state index contributed by atoms with van der Waals surface area (Å²) in [6.45, 7) is 0.376. The van der Waals surface area contributed by atoms with Gasteiger partial charge in [0.2, 0.25) is 0 Å². The van der Waals surface area contributed by atoms with Gasteiger partial charge in [0.05, 0.1) is 20.0 Å². The molecule has 3 aromatic carbocycles. The number of para-hydroxylation sites is 2. The highest BCUT2D eigenvalue weighted by atomic mass is 79.9. The average Bonchev–Trinajstić information content (AvgIpc) is 3.25. The van der Waals surface area contributed by atoms with Crippen LogP contribution in [0, 0.1) is 0 Å². The Bertz CT molecular complexity index is 1510. The fraction of sp³-hybridized carbons (Fsp3) is 0.0435. The van der Waals surface area contributed by atoms with E-state index in [-0.39, 0.29) is 5.56 Å². The summed E-state index contributed by atoms with van der Waals surface area (Å²) in [5.74, 6) is 0.710. The number of nitrogens with zero attached hydrogens (tertiary/aromatic N) is 2. The molecule has 0 amide bonds. The quantitative estimate of drug-likeness (QED) is 0.331. The largest absolute Gasteiger partial charge is 0.488 e. The van der Waals surface area contributed by atoms with Crippen molar-refractivity contribution in [3.8, 4) is 5.75 Å². The molecule has 0 N–H and O–H groups in total. The molecule has 0 unspecified atom stereocenters. The number of benzene rings is 3. The standard InChI is InChI=1S/C23H14BrClN2O2S/c24-16-11-14(9-10-20(16)29-13-15-5-1-2-6-17(15)25)12-21-22(28)27-19-8-4-3-7-18(19)26-23(27)30-21/h1-12H,13H2. The average molecular weight is 498 g/mol. The van der Waals surface area contributed by atoms with Crippen molar-refractivity contribution in [3.05, 3.63) is 102 Å². The Morgan fingerprint density at radius 1 is 1.10 bits per heavy atom. The van der Waals surface area contributed by atoms with E-state index in [9.17, 15) is 4.79 Å². The highest BCUT2D eigenvalue weighted by Crippen LogP contribution is 2.28. The lowest BCUT2D eigenvalue weighted by molar-refractivity contribution is 0.304. The van der Waals surface area contributed by atoms with Crippen LogP contribution in [0.25, 0.3) is 22.1 Å². The number of thiazole rings is 1. The van der Waals surface area contributed by atoms with E-state index in [1.165, 1.54) is 11.3 Å². The van der Waals surface area contributed by atoms with E-state index in [1.54, 1.807) is 4.40 Å². The minimum absolute atomic E-state index is 0.0566. The molecule has 7 heteroatoms. The first-order chi connectivity index (χ1) is 14.6. The van der Waals surface area contributed by atoms with Crippen LogP contribution in [0.2, 0.25) is 5.02 Å². The van der Waals surface area contributed by atoms with Gasteiger partial charge >= 0.3 is 0 Å². The first-order valence-electron chi connectivity index (χ1n) is 9.17. The minimum Gasteiger partial charge on any atom is -0.488 e. The first-order valence-corrected chi connectivity index (χ1v) is 11.2. The van der Waals surface area contributed by atoms with Crippen molar-refractivity contribution in [3.63, 3.8) is 0 Å². The molecule has 0 spiro atoms. The van der Waals surface area contributed by atoms with E-state index in [0.717, 1.165) is 26.6 Å². The molecule has 0 aliphatic carbocycles. The molecule has 0 saturated heterocycles. The molecular formula is C23H14BrClN2O2S. The number of rotatable bonds is 4. The summed E-state index contributed by atoms with van der Waals surface area (Å²) in [4.78, 5) is 18.2. The van der Waals surface area contributed by atoms with Crippen LogP contribution in [0.15, 0.2) is 76.0 Å². The summed E-state index contributed by atoms with van der Waals surface area (Å²) in [5, 5.41) is 0.678. The third kappa shape index (κ3) is 3.51. The predicted octanol–water partition coefficient (Wildman–Crippen LogP) is 5.45. The van der Waals surface area contributed by atoms with Gasteiger partial charge < -0.3 is 4.74 Å². The minimum atomic E-state index is -0.0566. The van der Waals surface area contributed by atoms with Crippen LogP contribution >= 0.6 is 38.9 Å². The van der Waals surface area contributed by atoms with E-state index < -0.39 is 0 Å². The van der Waals surface area contributed by atoms with Crippen molar-refractivity contribution in [2.75, 3.05) is 0 Å². The van der Waals surface area contributed by atoms with Crippen molar-refractivity contribution in [2.24, 2.45) is 0 Å². The number of fused-ring (bicyclic) bond motifs is 3. The third-order valence-electron chi connectivity index (χ3n) is 4.74. The molecule has 5 aromatic rings. The summed E-state index contributed by atoms with van der Waals surface area (Å²) < 4.78 is 9.01. The van der Waals surface area contributed by atoms with Gasteiger partial charge in [-0.05, 0) is 57.9 Å². The number of imidazole rings is 1. The lowest BCUT2D eigenvalue weighted by Gasteiger charge is -2.10. The van der Waals surface area contributed by atoms with E-state index in [0.29, 0.717) is 26.9 Å². The third-order valence-corrected chi connectivity index (χ3v) is 6.70. The van der Waals surface area contributed by atoms with E-state index in [2.05, 4.69) is 20.9 Å². The van der Waals surface area contributed by atoms with Crippen molar-refractivity contribution in [1.29, 1.82) is 0 Å². The second-order valence-corrected chi connectivity index (χ2v) is 8.97. The van der Waals surface area contributed by atoms with Gasteiger partial charge in [0.1, 0.15) is 12.4 Å². The maximum Gasteiger partial charge on any atom is 0.274 e. The molecule has 0 atom stereocenters. The van der Waals surface area contributed by atoms with Crippen LogP contribution in [-0.4, -0.2) is 9.38 Å². The second kappa shape index (κ2) is 7.87. The molecule has 0 aliphatic rings. The number of hydrogen-bond acceptors (Lipinski definition) is 4. The Kier molecular flexibility index (Phi) is 5.06. The van der Waals surface area contributed by atoms with Crippen LogP contribution in [0.3, 0.4) is 0 Å². The Balaban J connectivity index is 1.46. The van der Waals surface area contributed by atoms with Crippen molar-refractivity contribution < 1.29 is 4.74 Å². The molecule has 0 radical (unpaired) electrons. The zero-order chi connectivity index (χ0) is 20.7. The summed E-state index contributed by atoms with van der Waals surface area (Å²) >= 11 is 11.1. The Hall–Kier alpha value is -2.67. The van der Waals surface area contributed by atoms with Gasteiger partial charge in [0, 0.05) is 10.6 Å². The fourth-order valence-corrected chi connectivity index (χ4v) is 4.95. The molecule has 0 aliphatic heterocycles. The first kappa shape index (κ1) is 19.3. The van der Waals surface area contributed by atoms with Gasteiger partial charge in [-0.15, -0.1) is 0 Å². The molecule has 5 rings (SSSR count). The summed E-state index contributed by atoms with van der Waals surface area (Å²) in [5.41, 5.74) is 3.43. The van der Waals surface area contributed by atoms with Crippen molar-refractivity contribution >= 4 is 60.9 Å². The van der Waals surface area contributed by atoms with Gasteiger partial charge in [-0.3, -0.25) is 4.79 Å². The smallest absolute Gasteiger partial charge is 0.274 e. The highest BCUT2D eigenvalue weighted by Gasteiger charge is 2.11. The molecule has 2 heterocycles. The molecule has 30 heavy (non-hydrogen) atoms. The normalized spacial score (nSPS) is 12.1. The fourth-order valence-electron chi connectivity index (χ4n) is 3.26. The number of ether oxygens (including phenoxy) is 1. The Labute approximate surface area is 189 Å². The highest BCUT2D eigenvalue weighted by molar-refractivity contribution is 9.10. The Morgan fingerprint density at radius 3 is 2.73 bits per heavy atom. The van der Waals surface area contributed by atoms with Crippen LogP contribution in [0.4, 0.5) is 0 Å². The predicted molar refractivity (Wildman–Crippen MR) is 126 cm³/mol. The van der Waals surface area contributed by atoms with E-state index >= 15 is 0 Å². The number of halogens is 2. The van der Waals surface area contributed by atoms with Gasteiger partial charge in [-0.2, -0.15) is 0 Å². The topological polar surface area (TPSA) is 43.6 Å². The summed E-state index contributed by atoms with van der Waals surface area (Å²) in [6, 6.07) is 21.0. The van der Waals surface area contributed by atoms with E-state index in [4.69, 9.17) is 16.3 Å². The van der Waals surface area contributed by atoms with Gasteiger partial charge in [-0.25, -0.2) is 9.38 Å². The van der Waals surface area contributed by atoms with Crippen molar-refractivity contribution in [1.82, 2.24) is 9.38 Å². The second-order valence-electron chi connectivity index (χ2n) is 6.70. The number of aromatic nitrogens is 2. The van der Waals surface area contributed by atoms with Crippen LogP contribution in [-0.2, 0) is 6.61 Å². The molecule has 0 bridgehead atoms. The lowest BCUT2D eigenvalue weighted by atomic mass is 10.2. The van der Waals surface area contributed by atoms with Crippen molar-refractivity contribution in [2.45, 2.75) is 6.61 Å². The maximum atomic E-state index is 12.9. The zero-order valence-electron chi connectivity index (χ0n) is 15.5. The van der Waals surface area contributed by atoms with Gasteiger partial charge in [0.25, 0.3) is 5.56 Å². The van der Waals surface area contributed by atoms with E-state index in [1.807, 2.05) is 72.8 Å².